The molecular weight excluding hydrogens is 220 g/mol. The number of nitrogens with one attached hydrogen (secondary N) is 1. The van der Waals surface area contributed by atoms with E-state index in [4.69, 9.17) is 5.73 Å². The summed E-state index contributed by atoms with van der Waals surface area (Å²) in [5, 5.41) is 10.2. The molecule has 1 amide bonds. The van der Waals surface area contributed by atoms with Gasteiger partial charge in [0.15, 0.2) is 0 Å². The van der Waals surface area contributed by atoms with E-state index in [9.17, 15) is 4.79 Å². The van der Waals surface area contributed by atoms with Gasteiger partial charge in [0.25, 0.3) is 0 Å². The molecule has 2 aromatic heterocycles. The third-order valence-corrected chi connectivity index (χ3v) is 2.03. The monoisotopic (exact) mass is 232 g/mol. The second-order valence-corrected chi connectivity index (χ2v) is 3.37. The number of pyridine rings is 1. The number of hydrogen-bond acceptors (Lipinski definition) is 5. The molecule has 0 saturated heterocycles. The van der Waals surface area contributed by atoms with Crippen LogP contribution in [0.2, 0.25) is 0 Å². The predicted octanol–water partition coefficient (Wildman–Crippen LogP) is -0.230. The highest BCUT2D eigenvalue weighted by Crippen LogP contribution is 2.00. The van der Waals surface area contributed by atoms with Crippen molar-refractivity contribution < 1.29 is 4.79 Å². The molecule has 0 aliphatic carbocycles. The SMILES string of the molecule is NCc1cn(CC(=O)Nc2ccccn2)nn1. The summed E-state index contributed by atoms with van der Waals surface area (Å²) in [6, 6.07) is 5.29. The number of amides is 1. The molecule has 0 fully saturated rings. The fraction of sp³-hybridized carbons (Fsp3) is 0.200. The lowest BCUT2D eigenvalue weighted by molar-refractivity contribution is -0.116. The first-order valence-electron chi connectivity index (χ1n) is 5.08. The van der Waals surface area contributed by atoms with Gasteiger partial charge in [0, 0.05) is 12.7 Å². The molecule has 0 atom stereocenters. The minimum atomic E-state index is -0.211. The maximum atomic E-state index is 11.6. The molecule has 0 saturated carbocycles. The molecular formula is C10H12N6O. The number of anilines is 1. The summed E-state index contributed by atoms with van der Waals surface area (Å²) < 4.78 is 1.43. The number of rotatable bonds is 4. The zero-order chi connectivity index (χ0) is 12.1. The van der Waals surface area contributed by atoms with Crippen molar-refractivity contribution in [1.29, 1.82) is 0 Å². The fourth-order valence-corrected chi connectivity index (χ4v) is 1.28. The average Bonchev–Trinajstić information content (AvgIpc) is 2.78. The van der Waals surface area contributed by atoms with Crippen molar-refractivity contribution in [1.82, 2.24) is 20.0 Å². The minimum absolute atomic E-state index is 0.0869. The Balaban J connectivity index is 1.93. The van der Waals surface area contributed by atoms with Crippen LogP contribution in [0.15, 0.2) is 30.6 Å². The molecule has 88 valence electrons. The van der Waals surface area contributed by atoms with Gasteiger partial charge in [-0.3, -0.25) is 4.79 Å². The lowest BCUT2D eigenvalue weighted by Crippen LogP contribution is -2.19. The van der Waals surface area contributed by atoms with Crippen LogP contribution in [0.1, 0.15) is 5.69 Å². The van der Waals surface area contributed by atoms with Crippen molar-refractivity contribution in [2.24, 2.45) is 5.73 Å². The molecule has 0 spiro atoms. The van der Waals surface area contributed by atoms with Crippen LogP contribution in [0.5, 0.6) is 0 Å². The maximum Gasteiger partial charge on any atom is 0.247 e. The average molecular weight is 232 g/mol. The van der Waals surface area contributed by atoms with Crippen LogP contribution >= 0.6 is 0 Å². The Bertz CT molecular complexity index is 495. The highest BCUT2D eigenvalue weighted by Gasteiger charge is 2.05. The standard InChI is InChI=1S/C10H12N6O/c11-5-8-6-16(15-14-8)7-10(17)13-9-3-1-2-4-12-9/h1-4,6H,5,7,11H2,(H,12,13,17). The molecule has 0 aliphatic heterocycles. The van der Waals surface area contributed by atoms with Gasteiger partial charge in [-0.1, -0.05) is 11.3 Å². The Labute approximate surface area is 97.6 Å². The number of nitrogens with two attached hydrogens (primary N) is 1. The van der Waals surface area contributed by atoms with Gasteiger partial charge in [0.1, 0.15) is 12.4 Å². The smallest absolute Gasteiger partial charge is 0.247 e. The summed E-state index contributed by atoms with van der Waals surface area (Å²) in [5.74, 6) is 0.300. The number of carbonyl (C=O) groups is 1. The zero-order valence-electron chi connectivity index (χ0n) is 9.08. The van der Waals surface area contributed by atoms with Crippen molar-refractivity contribution in [3.63, 3.8) is 0 Å². The van der Waals surface area contributed by atoms with Gasteiger partial charge < -0.3 is 11.1 Å². The van der Waals surface area contributed by atoms with E-state index in [-0.39, 0.29) is 12.5 Å². The zero-order valence-corrected chi connectivity index (χ0v) is 9.08. The molecule has 0 bridgehead atoms. The molecule has 7 heteroatoms. The lowest BCUT2D eigenvalue weighted by atomic mass is 10.4. The van der Waals surface area contributed by atoms with Crippen LogP contribution in [0, 0.1) is 0 Å². The summed E-state index contributed by atoms with van der Waals surface area (Å²) in [4.78, 5) is 15.6. The third-order valence-electron chi connectivity index (χ3n) is 2.03. The first-order chi connectivity index (χ1) is 8.28. The van der Waals surface area contributed by atoms with Crippen LogP contribution in [-0.2, 0) is 17.9 Å². The largest absolute Gasteiger partial charge is 0.325 e. The second-order valence-electron chi connectivity index (χ2n) is 3.37. The van der Waals surface area contributed by atoms with Gasteiger partial charge in [-0.05, 0) is 12.1 Å². The second kappa shape index (κ2) is 5.17. The van der Waals surface area contributed by atoms with Gasteiger partial charge in [0.2, 0.25) is 5.91 Å². The molecule has 7 nitrogen and oxygen atoms in total. The normalized spacial score (nSPS) is 10.2. The number of hydrogen-bond donors (Lipinski definition) is 2. The highest BCUT2D eigenvalue weighted by molar-refractivity contribution is 5.89. The molecule has 0 unspecified atom stereocenters. The molecule has 3 N–H and O–H groups in total. The lowest BCUT2D eigenvalue weighted by Gasteiger charge is -2.02. The summed E-state index contributed by atoms with van der Waals surface area (Å²) in [6.07, 6.45) is 3.25. The Morgan fingerprint density at radius 3 is 3.00 bits per heavy atom. The first-order valence-corrected chi connectivity index (χ1v) is 5.08. The van der Waals surface area contributed by atoms with E-state index in [1.807, 2.05) is 0 Å². The molecule has 0 aliphatic rings. The van der Waals surface area contributed by atoms with E-state index in [2.05, 4.69) is 20.6 Å². The number of carbonyl (C=O) groups excluding carboxylic acids is 1. The minimum Gasteiger partial charge on any atom is -0.325 e. The van der Waals surface area contributed by atoms with Crippen molar-refractivity contribution in [2.45, 2.75) is 13.1 Å². The van der Waals surface area contributed by atoms with E-state index in [1.54, 1.807) is 30.6 Å². The van der Waals surface area contributed by atoms with Gasteiger partial charge in [-0.15, -0.1) is 5.10 Å². The molecule has 0 radical (unpaired) electrons. The first kappa shape index (κ1) is 11.2. The Hall–Kier alpha value is -2.28. The number of aromatic nitrogens is 4. The van der Waals surface area contributed by atoms with E-state index in [0.29, 0.717) is 18.1 Å². The summed E-state index contributed by atoms with van der Waals surface area (Å²) >= 11 is 0. The predicted molar refractivity (Wildman–Crippen MR) is 60.8 cm³/mol. The Morgan fingerprint density at radius 2 is 2.35 bits per heavy atom. The fourth-order valence-electron chi connectivity index (χ4n) is 1.28. The third kappa shape index (κ3) is 3.08. The van der Waals surface area contributed by atoms with Crippen molar-refractivity contribution in [3.8, 4) is 0 Å². The van der Waals surface area contributed by atoms with Gasteiger partial charge in [-0.25, -0.2) is 9.67 Å². The Morgan fingerprint density at radius 1 is 1.47 bits per heavy atom. The summed E-state index contributed by atoms with van der Waals surface area (Å²) in [7, 11) is 0. The van der Waals surface area contributed by atoms with Crippen LogP contribution in [0.4, 0.5) is 5.82 Å². The van der Waals surface area contributed by atoms with Gasteiger partial charge in [0.05, 0.1) is 11.9 Å². The van der Waals surface area contributed by atoms with Gasteiger partial charge >= 0.3 is 0 Å². The highest BCUT2D eigenvalue weighted by atomic mass is 16.2. The van der Waals surface area contributed by atoms with Crippen LogP contribution in [0.25, 0.3) is 0 Å². The van der Waals surface area contributed by atoms with Crippen LogP contribution in [-0.4, -0.2) is 25.9 Å². The van der Waals surface area contributed by atoms with Crippen molar-refractivity contribution in [2.75, 3.05) is 5.32 Å². The molecule has 17 heavy (non-hydrogen) atoms. The number of nitrogens with zero attached hydrogens (tertiary/aromatic N) is 4. The summed E-state index contributed by atoms with van der Waals surface area (Å²) in [6.45, 7) is 0.394. The quantitative estimate of drug-likeness (QED) is 0.758. The Kier molecular flexibility index (Phi) is 3.41. The molecule has 2 rings (SSSR count). The molecule has 0 aromatic carbocycles. The van der Waals surface area contributed by atoms with Crippen LogP contribution in [0.3, 0.4) is 0 Å². The van der Waals surface area contributed by atoms with E-state index >= 15 is 0 Å². The van der Waals surface area contributed by atoms with Crippen molar-refractivity contribution in [3.05, 3.63) is 36.3 Å². The topological polar surface area (TPSA) is 98.7 Å². The maximum absolute atomic E-state index is 11.6. The van der Waals surface area contributed by atoms with Crippen molar-refractivity contribution >= 4 is 11.7 Å². The van der Waals surface area contributed by atoms with Crippen LogP contribution < -0.4 is 11.1 Å². The van der Waals surface area contributed by atoms with E-state index in [0.717, 1.165) is 0 Å². The van der Waals surface area contributed by atoms with E-state index < -0.39 is 0 Å². The van der Waals surface area contributed by atoms with Gasteiger partial charge in [-0.2, -0.15) is 0 Å². The molecule has 2 aromatic rings. The van der Waals surface area contributed by atoms with E-state index in [1.165, 1.54) is 4.68 Å². The summed E-state index contributed by atoms with van der Waals surface area (Å²) in [5.41, 5.74) is 6.04. The molecule has 2 heterocycles.